The van der Waals surface area contributed by atoms with Crippen molar-refractivity contribution in [2.75, 3.05) is 80.0 Å². The summed E-state index contributed by atoms with van der Waals surface area (Å²) in [5.74, 6) is -4.37. The summed E-state index contributed by atoms with van der Waals surface area (Å²) in [6, 6.07) is 0. The second-order valence-corrected chi connectivity index (χ2v) is 27.9. The Labute approximate surface area is 543 Å². The maximum Gasteiger partial charge on any atom is 0.0870 e. The molecule has 85 heavy (non-hydrogen) atoms. The summed E-state index contributed by atoms with van der Waals surface area (Å²) in [6.45, 7) is 33.7. The molecule has 0 saturated carbocycles. The Balaban J connectivity index is -0.000000356. The molecule has 0 atom stereocenters. The average Bonchev–Trinajstić information content (AvgIpc) is 3.51. The highest BCUT2D eigenvalue weighted by Gasteiger charge is 2.22. The van der Waals surface area contributed by atoms with Gasteiger partial charge in [0.15, 0.2) is 0 Å². The van der Waals surface area contributed by atoms with E-state index in [1.807, 2.05) is 0 Å². The number of hydrogen-bond donors (Lipinski definition) is 0. The third-order valence-electron chi connectivity index (χ3n) is 18.6. The van der Waals surface area contributed by atoms with Crippen molar-refractivity contribution in [1.82, 2.24) is 0 Å². The topological polar surface area (TPSA) is 80.3 Å². The molecule has 0 rings (SSSR count). The van der Waals surface area contributed by atoms with Gasteiger partial charge in [0.05, 0.1) is 92.0 Å². The lowest BCUT2D eigenvalue weighted by Gasteiger charge is -2.35. The number of carbonyl (C=O) groups is 2. The Hall–Kier alpha value is -0.890. The number of aliphatic carboxylic acids is 2. The van der Waals surface area contributed by atoms with Crippen LogP contribution in [0.4, 0.5) is 0 Å². The standard InChI is InChI=1S/3C25H54N.C2H2O4.ClH/c3*1-5-8-11-14-17-20-23-26(4,24-21-18-15-12-9-6-2)25-22-19-16-13-10-7-3;3-1(4)2(5)6;/h3*5-25H2,1-4H3;(H,3,4)(H,5,6);1H/q3*+1;;/p-3. The van der Waals surface area contributed by atoms with E-state index < -0.39 is 11.9 Å². The third-order valence-corrected chi connectivity index (χ3v) is 18.6. The monoisotopic (exact) mass is 1230 g/mol. The Morgan fingerprint density at radius 1 is 0.188 bits per heavy atom. The van der Waals surface area contributed by atoms with Gasteiger partial charge in [0.25, 0.3) is 0 Å². The van der Waals surface area contributed by atoms with Crippen molar-refractivity contribution in [2.45, 2.75) is 409 Å². The van der Waals surface area contributed by atoms with Gasteiger partial charge in [-0.3, -0.25) is 0 Å². The van der Waals surface area contributed by atoms with Gasteiger partial charge >= 0.3 is 0 Å². The van der Waals surface area contributed by atoms with Crippen LogP contribution >= 0.6 is 0 Å². The zero-order valence-electron chi connectivity index (χ0n) is 60.9. The molecule has 0 aromatic carbocycles. The molecular formula is C77H162ClN3O4. The fraction of sp³-hybridized carbons (Fsp3) is 0.974. The number of rotatable bonds is 63. The molecule has 0 amide bonds. The Morgan fingerprint density at radius 3 is 0.353 bits per heavy atom. The zero-order valence-corrected chi connectivity index (χ0v) is 61.7. The minimum atomic E-state index is -2.19. The van der Waals surface area contributed by atoms with Crippen LogP contribution in [0.5, 0.6) is 0 Å². The van der Waals surface area contributed by atoms with Crippen molar-refractivity contribution >= 4 is 11.9 Å². The molecule has 0 radical (unpaired) electrons. The zero-order chi connectivity index (χ0) is 63.2. The van der Waals surface area contributed by atoms with Gasteiger partial charge in [0.1, 0.15) is 0 Å². The molecule has 0 aliphatic rings. The number of unbranched alkanes of at least 4 members (excludes halogenated alkanes) is 45. The molecule has 0 spiro atoms. The lowest BCUT2D eigenvalue weighted by molar-refractivity contribution is -0.910. The molecular weight excluding hydrogens is 1070 g/mol. The van der Waals surface area contributed by atoms with Crippen molar-refractivity contribution in [3.05, 3.63) is 0 Å². The van der Waals surface area contributed by atoms with Crippen LogP contribution in [-0.4, -0.2) is 105 Å². The highest BCUT2D eigenvalue weighted by molar-refractivity contribution is 6.25. The second kappa shape index (κ2) is 75.6. The molecule has 516 valence electrons. The summed E-state index contributed by atoms with van der Waals surface area (Å²) < 4.78 is 4.07. The van der Waals surface area contributed by atoms with E-state index in [9.17, 15) is 0 Å². The first-order valence-corrected chi connectivity index (χ1v) is 38.6. The molecule has 0 aliphatic heterocycles. The van der Waals surface area contributed by atoms with Gasteiger partial charge in [-0.15, -0.1) is 0 Å². The SMILES string of the molecule is CCCCCCCC[N+](C)(CCCCCCCC)CCCCCCCC.CCCCCCCC[N+](C)(CCCCCCCC)CCCCCCCC.CCCCCCCC[N+](C)(CCCCCCCC)CCCCCCCC.O=C([O-])C(=O)[O-].[Cl-]. The molecule has 0 heterocycles. The van der Waals surface area contributed by atoms with Gasteiger partial charge in [0.2, 0.25) is 0 Å². The molecule has 0 aromatic heterocycles. The second-order valence-electron chi connectivity index (χ2n) is 27.9. The number of nitrogens with zero attached hydrogens (tertiary/aromatic N) is 3. The normalized spacial score (nSPS) is 11.5. The minimum absolute atomic E-state index is 0. The van der Waals surface area contributed by atoms with E-state index in [1.54, 1.807) is 0 Å². The van der Waals surface area contributed by atoms with Crippen LogP contribution in [0.25, 0.3) is 0 Å². The molecule has 0 aromatic rings. The summed E-state index contributed by atoms with van der Waals surface area (Å²) in [5, 5.41) is 17.9. The van der Waals surface area contributed by atoms with Crippen molar-refractivity contribution in [1.29, 1.82) is 0 Å². The van der Waals surface area contributed by atoms with Crippen LogP contribution < -0.4 is 22.6 Å². The van der Waals surface area contributed by atoms with E-state index in [-0.39, 0.29) is 12.4 Å². The molecule has 0 saturated heterocycles. The first kappa shape index (κ1) is 92.8. The molecule has 7 nitrogen and oxygen atoms in total. The fourth-order valence-electron chi connectivity index (χ4n) is 12.5. The predicted molar refractivity (Wildman–Crippen MR) is 373 cm³/mol. The predicted octanol–water partition coefficient (Wildman–Crippen LogP) is 19.0. The van der Waals surface area contributed by atoms with Gasteiger partial charge in [-0.05, 0) is 116 Å². The summed E-state index contributed by atoms with van der Waals surface area (Å²) in [5.41, 5.74) is 0. The van der Waals surface area contributed by atoms with Gasteiger partial charge in [-0.2, -0.15) is 0 Å². The van der Waals surface area contributed by atoms with Crippen molar-refractivity contribution in [3.63, 3.8) is 0 Å². The lowest BCUT2D eigenvalue weighted by Crippen LogP contribution is -3.00. The number of carbonyl (C=O) groups excluding carboxylic acids is 2. The maximum atomic E-state index is 8.93. The van der Waals surface area contributed by atoms with Crippen LogP contribution in [0.1, 0.15) is 409 Å². The number of halogens is 1. The summed E-state index contributed by atoms with van der Waals surface area (Å²) in [6.07, 6.45) is 77.6. The first-order valence-electron chi connectivity index (χ1n) is 38.6. The smallest absolute Gasteiger partial charge is 0.0870 e. The van der Waals surface area contributed by atoms with Crippen molar-refractivity contribution < 1.29 is 45.7 Å². The van der Waals surface area contributed by atoms with Gasteiger partial charge in [-0.25, -0.2) is 0 Å². The van der Waals surface area contributed by atoms with Crippen LogP contribution in [-0.2, 0) is 9.59 Å². The van der Waals surface area contributed by atoms with Gasteiger partial charge < -0.3 is 45.7 Å². The Morgan fingerprint density at radius 2 is 0.271 bits per heavy atom. The largest absolute Gasteiger partial charge is 1.00 e. The molecule has 0 aliphatic carbocycles. The van der Waals surface area contributed by atoms with Crippen LogP contribution in [0.15, 0.2) is 0 Å². The van der Waals surface area contributed by atoms with Crippen LogP contribution in [0.2, 0.25) is 0 Å². The van der Waals surface area contributed by atoms with E-state index in [4.69, 9.17) is 19.8 Å². The maximum absolute atomic E-state index is 8.93. The van der Waals surface area contributed by atoms with Crippen LogP contribution in [0, 0.1) is 0 Å². The molecule has 0 bridgehead atoms. The molecule has 8 heteroatoms. The number of quaternary nitrogens is 3. The molecule has 0 N–H and O–H groups in total. The Bertz CT molecular complexity index is 989. The summed E-state index contributed by atoms with van der Waals surface area (Å²) >= 11 is 0. The Kier molecular flexibility index (Phi) is 82.5. The third kappa shape index (κ3) is 77.3. The summed E-state index contributed by atoms with van der Waals surface area (Å²) in [4.78, 5) is 17.9. The number of hydrogen-bond acceptors (Lipinski definition) is 4. The number of carboxylic acid groups (broad SMARTS) is 2. The average molecular weight is 1230 g/mol. The van der Waals surface area contributed by atoms with Gasteiger partial charge in [-0.1, -0.05) is 293 Å². The van der Waals surface area contributed by atoms with E-state index >= 15 is 0 Å². The van der Waals surface area contributed by atoms with Gasteiger partial charge in [0, 0.05) is 0 Å². The fourth-order valence-corrected chi connectivity index (χ4v) is 12.5. The molecule has 0 fully saturated rings. The quantitative estimate of drug-likeness (QED) is 0.0345. The van der Waals surface area contributed by atoms with Crippen LogP contribution in [0.3, 0.4) is 0 Å². The van der Waals surface area contributed by atoms with E-state index in [0.717, 1.165) is 0 Å². The van der Waals surface area contributed by atoms with E-state index in [0.29, 0.717) is 0 Å². The highest BCUT2D eigenvalue weighted by Crippen LogP contribution is 2.20. The van der Waals surface area contributed by atoms with E-state index in [2.05, 4.69) is 83.5 Å². The van der Waals surface area contributed by atoms with Crippen molar-refractivity contribution in [2.24, 2.45) is 0 Å². The highest BCUT2D eigenvalue weighted by atomic mass is 35.5. The van der Waals surface area contributed by atoms with Crippen molar-refractivity contribution in [3.8, 4) is 0 Å². The molecule has 0 unspecified atom stereocenters. The van der Waals surface area contributed by atoms with E-state index in [1.165, 1.54) is 419 Å². The number of carboxylic acids is 2. The summed E-state index contributed by atoms with van der Waals surface area (Å²) in [7, 11) is 7.68. The minimum Gasteiger partial charge on any atom is -1.00 e. The lowest BCUT2D eigenvalue weighted by atomic mass is 10.1. The first-order chi connectivity index (χ1) is 40.7.